The predicted octanol–water partition coefficient (Wildman–Crippen LogP) is 5.78. The molecule has 3 aliphatic heterocycles. The average Bonchev–Trinajstić information content (AvgIpc) is 3.14. The number of nitrogens with zero attached hydrogens (tertiary/aromatic N) is 2. The van der Waals surface area contributed by atoms with Gasteiger partial charge in [0.25, 0.3) is 0 Å². The van der Waals surface area contributed by atoms with Gasteiger partial charge >= 0.3 is 0 Å². The first-order chi connectivity index (χ1) is 26.6. The van der Waals surface area contributed by atoms with Crippen molar-refractivity contribution in [2.45, 2.75) is 154 Å². The summed E-state index contributed by atoms with van der Waals surface area (Å²) in [6.45, 7) is 12.1. The van der Waals surface area contributed by atoms with Gasteiger partial charge in [0, 0.05) is 54.8 Å². The molecule has 0 bridgehead atoms. The second-order valence-corrected chi connectivity index (χ2v) is 16.8. The number of aromatic hydroxyl groups is 2. The Kier molecular flexibility index (Phi) is 11.6. The van der Waals surface area contributed by atoms with Crippen LogP contribution in [0.4, 0.5) is 0 Å². The summed E-state index contributed by atoms with van der Waals surface area (Å²) < 4.78 is 38.6. The van der Waals surface area contributed by atoms with Crippen LogP contribution in [0, 0.1) is 5.41 Å². The zero-order valence-electron chi connectivity index (χ0n) is 34.0. The number of carbonyl (C=O) groups excluding carboxylic acids is 2. The number of hydrogen-bond acceptors (Lipinski definition) is 13. The fourth-order valence-electron chi connectivity index (χ4n) is 9.58. The van der Waals surface area contributed by atoms with Crippen LogP contribution in [0.15, 0.2) is 29.3 Å². The third kappa shape index (κ3) is 7.23. The van der Waals surface area contributed by atoms with E-state index in [9.17, 15) is 24.9 Å². The van der Waals surface area contributed by atoms with Crippen LogP contribution < -0.4 is 0 Å². The van der Waals surface area contributed by atoms with E-state index in [1.54, 1.807) is 13.1 Å². The normalized spacial score (nSPS) is 38.0. The highest BCUT2D eigenvalue weighted by Crippen LogP contribution is 2.57. The van der Waals surface area contributed by atoms with Gasteiger partial charge in [0.2, 0.25) is 5.78 Å². The molecule has 0 aromatic heterocycles. The largest absolute Gasteiger partial charge is 0.507 e. The number of aliphatic hydroxyl groups is 1. The summed E-state index contributed by atoms with van der Waals surface area (Å²) in [5.41, 5.74) is 2.00. The van der Waals surface area contributed by atoms with Crippen LogP contribution >= 0.6 is 0 Å². The van der Waals surface area contributed by atoms with Crippen LogP contribution in [0.3, 0.4) is 0 Å². The van der Waals surface area contributed by atoms with Crippen LogP contribution in [0.25, 0.3) is 0 Å². The first kappa shape index (κ1) is 40.9. The number of rotatable bonds is 8. The van der Waals surface area contributed by atoms with Gasteiger partial charge in [-0.3, -0.25) is 14.6 Å². The van der Waals surface area contributed by atoms with Gasteiger partial charge in [0.05, 0.1) is 41.6 Å². The Morgan fingerprint density at radius 2 is 1.57 bits per heavy atom. The van der Waals surface area contributed by atoms with Crippen LogP contribution in [0.2, 0.25) is 0 Å². The Morgan fingerprint density at radius 1 is 0.893 bits per heavy atom. The van der Waals surface area contributed by atoms with Gasteiger partial charge < -0.3 is 48.6 Å². The lowest BCUT2D eigenvalue weighted by Crippen LogP contribution is -2.58. The third-order valence-corrected chi connectivity index (χ3v) is 13.3. The maximum atomic E-state index is 13.9. The Labute approximate surface area is 329 Å². The maximum Gasteiger partial charge on any atom is 0.201 e. The van der Waals surface area contributed by atoms with E-state index in [-0.39, 0.29) is 63.7 Å². The second-order valence-electron chi connectivity index (χ2n) is 16.8. The van der Waals surface area contributed by atoms with Gasteiger partial charge in [-0.05, 0) is 76.7 Å². The van der Waals surface area contributed by atoms with Crippen molar-refractivity contribution in [3.8, 4) is 11.5 Å². The number of phenolic OH excluding ortho intramolecular Hbond substituents is 2. The summed E-state index contributed by atoms with van der Waals surface area (Å²) in [7, 11) is 5.71. The quantitative estimate of drug-likeness (QED) is 0.253. The van der Waals surface area contributed by atoms with Gasteiger partial charge in [0.1, 0.15) is 23.7 Å². The van der Waals surface area contributed by atoms with Crippen LogP contribution in [0.1, 0.15) is 135 Å². The molecule has 3 N–H and O–H groups in total. The molecule has 306 valence electrons. The van der Waals surface area contributed by atoms with E-state index in [0.717, 1.165) is 24.1 Å². The summed E-state index contributed by atoms with van der Waals surface area (Å²) in [5.74, 6) is -1.67. The number of hydrogen-bond donors (Lipinski definition) is 3. The molecule has 2 aromatic carbocycles. The van der Waals surface area contributed by atoms with E-state index in [2.05, 4.69) is 30.7 Å². The molecule has 3 heterocycles. The van der Waals surface area contributed by atoms with Crippen molar-refractivity contribution in [3.63, 3.8) is 0 Å². The molecule has 5 aliphatic rings. The minimum absolute atomic E-state index is 0.0640. The summed E-state index contributed by atoms with van der Waals surface area (Å²) in [6.07, 6.45) is -2.02. The first-order valence-electron chi connectivity index (χ1n) is 20.1. The molecule has 3 fully saturated rings. The zero-order valence-corrected chi connectivity index (χ0v) is 34.0. The van der Waals surface area contributed by atoms with Crippen molar-refractivity contribution >= 4 is 17.3 Å². The molecule has 13 atom stereocenters. The Morgan fingerprint density at radius 3 is 2.21 bits per heavy atom. The molecule has 0 amide bonds. The lowest BCUT2D eigenvalue weighted by molar-refractivity contribution is -0.323. The molecule has 0 saturated carbocycles. The molecule has 2 aromatic rings. The van der Waals surface area contributed by atoms with Gasteiger partial charge in [-0.1, -0.05) is 39.3 Å². The molecule has 13 nitrogen and oxygen atoms in total. The lowest BCUT2D eigenvalue weighted by Gasteiger charge is -2.48. The maximum absolute atomic E-state index is 13.9. The monoisotopic (exact) mass is 778 g/mol. The molecule has 56 heavy (non-hydrogen) atoms. The summed E-state index contributed by atoms with van der Waals surface area (Å²) in [6, 6.07) is 6.01. The van der Waals surface area contributed by atoms with Crippen molar-refractivity contribution in [2.75, 3.05) is 21.1 Å². The number of benzene rings is 2. The predicted molar refractivity (Wildman–Crippen MR) is 206 cm³/mol. The van der Waals surface area contributed by atoms with Crippen molar-refractivity contribution in [1.82, 2.24) is 4.90 Å². The number of aliphatic imine (C=N–C) groups is 1. The summed E-state index contributed by atoms with van der Waals surface area (Å²) in [4.78, 5) is 34.0. The van der Waals surface area contributed by atoms with Crippen molar-refractivity contribution in [3.05, 3.63) is 57.6 Å². The number of phenols is 2. The Balaban J connectivity index is 1.09. The minimum Gasteiger partial charge on any atom is -0.507 e. The van der Waals surface area contributed by atoms with Crippen LogP contribution in [-0.4, -0.2) is 120 Å². The summed E-state index contributed by atoms with van der Waals surface area (Å²) >= 11 is 0. The summed E-state index contributed by atoms with van der Waals surface area (Å²) in [5, 5.41) is 33.8. The number of carbonyl (C=O) groups is 2. The molecule has 7 rings (SSSR count). The number of ketones is 2. The van der Waals surface area contributed by atoms with Crippen LogP contribution in [-0.2, 0) is 28.4 Å². The second kappa shape index (κ2) is 15.8. The van der Waals surface area contributed by atoms with Crippen molar-refractivity contribution < 1.29 is 53.3 Å². The Bertz CT molecular complexity index is 1850. The van der Waals surface area contributed by atoms with Crippen molar-refractivity contribution in [1.29, 1.82) is 0 Å². The average molecular weight is 779 g/mol. The number of likely N-dealkylation sites (N-methyl/N-ethyl adjacent to an activating group) is 1. The molecule has 0 radical (unpaired) electrons. The molecule has 4 unspecified atom stereocenters. The number of aliphatic hydroxyl groups excluding tert-OH is 1. The molecule has 0 spiro atoms. The first-order valence-corrected chi connectivity index (χ1v) is 20.1. The van der Waals surface area contributed by atoms with Crippen LogP contribution in [0.5, 0.6) is 11.5 Å². The zero-order chi connectivity index (χ0) is 40.4. The SMILES string of the molecule is CC[C@@]1(C)C[C@H](O[C@H]2C[C@@H](N(C)C)[C@H](O[C@H]3C[C@@H](O)C(O[C@H]4CCC(=NC)C(C)O4)C(C)O3)C(C)O2)c2c(cc3c(c2O)C(=O)c2c(O)cccc2C3=O)[C@H]1C. The third-order valence-electron chi connectivity index (χ3n) is 13.3. The Hall–Kier alpha value is -3.27. The fourth-order valence-corrected chi connectivity index (χ4v) is 9.58. The molecule has 2 aliphatic carbocycles. The molecular formula is C43H58N2O11. The highest BCUT2D eigenvalue weighted by molar-refractivity contribution is 6.30. The van der Waals surface area contributed by atoms with E-state index in [1.165, 1.54) is 18.2 Å². The van der Waals surface area contributed by atoms with E-state index in [4.69, 9.17) is 28.4 Å². The van der Waals surface area contributed by atoms with Gasteiger partial charge in [-0.2, -0.15) is 0 Å². The topological polar surface area (TPSA) is 166 Å². The van der Waals surface area contributed by atoms with Gasteiger partial charge in [-0.15, -0.1) is 0 Å². The number of fused-ring (bicyclic) bond motifs is 3. The van der Waals surface area contributed by atoms with E-state index < -0.39 is 67.1 Å². The van der Waals surface area contributed by atoms with Gasteiger partial charge in [0.15, 0.2) is 24.7 Å². The highest BCUT2D eigenvalue weighted by atomic mass is 16.7. The smallest absolute Gasteiger partial charge is 0.201 e. The molecular weight excluding hydrogens is 720 g/mol. The van der Waals surface area contributed by atoms with Gasteiger partial charge in [-0.25, -0.2) is 0 Å². The fraction of sp³-hybridized carbons (Fsp3) is 0.651. The molecule has 3 saturated heterocycles. The van der Waals surface area contributed by atoms with Crippen molar-refractivity contribution in [2.24, 2.45) is 10.4 Å². The van der Waals surface area contributed by atoms with E-state index >= 15 is 0 Å². The standard InChI is InChI=1S/C43H58N2O11/c1-10-43(6)19-31(36-25(20(43)2)16-26-37(40(36)50)39(49)35-24(38(26)48)12-11-13-29(35)46)54-33-17-28(45(8)9)41(22(4)52-33)56-34-18-30(47)42(23(5)53-34)55-32-15-14-27(44-7)21(3)51-32/h11-13,16,20-23,28,30-34,41-42,46-47,50H,10,14-15,17-19H2,1-9H3/t20-,21?,22?,23?,28-,30-,31+,32+,33+,34+,41-,42?,43+/m1/s1. The van der Waals surface area contributed by atoms with E-state index in [0.29, 0.717) is 24.8 Å². The minimum atomic E-state index is -0.836. The lowest BCUT2D eigenvalue weighted by atomic mass is 9.62. The van der Waals surface area contributed by atoms with E-state index in [1.807, 2.05) is 34.9 Å². The number of ether oxygens (including phenoxy) is 6. The molecule has 13 heteroatoms. The highest BCUT2D eigenvalue weighted by Gasteiger charge is 2.49.